The van der Waals surface area contributed by atoms with E-state index in [9.17, 15) is 9.18 Å². The Balaban J connectivity index is 2.22. The number of halogens is 1. The molecule has 19 heavy (non-hydrogen) atoms. The van der Waals surface area contributed by atoms with Gasteiger partial charge in [0.2, 0.25) is 5.88 Å². The number of hydrogen-bond acceptors (Lipinski definition) is 3. The minimum atomic E-state index is -0.395. The Morgan fingerprint density at radius 3 is 2.84 bits per heavy atom. The van der Waals surface area contributed by atoms with Crippen LogP contribution in [0.15, 0.2) is 24.4 Å². The fourth-order valence-corrected chi connectivity index (χ4v) is 1.64. The predicted molar refractivity (Wildman–Crippen MR) is 68.9 cm³/mol. The number of carbonyl (C=O) groups is 1. The van der Waals surface area contributed by atoms with Gasteiger partial charge in [-0.2, -0.15) is 0 Å². The van der Waals surface area contributed by atoms with Gasteiger partial charge in [0, 0.05) is 18.9 Å². The van der Waals surface area contributed by atoms with Crippen LogP contribution in [-0.4, -0.2) is 22.8 Å². The number of aryl methyl sites for hydroxylation is 2. The lowest BCUT2D eigenvalue weighted by molar-refractivity contribution is 0.102. The molecule has 5 nitrogen and oxygen atoms in total. The molecule has 1 aromatic carbocycles. The number of rotatable bonds is 3. The van der Waals surface area contributed by atoms with Crippen LogP contribution in [0.4, 0.5) is 10.1 Å². The molecular weight excluding hydrogens is 249 g/mol. The van der Waals surface area contributed by atoms with Gasteiger partial charge in [-0.1, -0.05) is 6.07 Å². The zero-order chi connectivity index (χ0) is 14.0. The van der Waals surface area contributed by atoms with E-state index in [0.29, 0.717) is 16.8 Å². The highest BCUT2D eigenvalue weighted by atomic mass is 19.1. The molecule has 0 atom stereocenters. The highest BCUT2D eigenvalue weighted by Gasteiger charge is 2.16. The molecule has 1 N–H and O–H groups in total. The van der Waals surface area contributed by atoms with Gasteiger partial charge in [0.15, 0.2) is 0 Å². The zero-order valence-electron chi connectivity index (χ0n) is 10.9. The molecule has 1 aromatic heterocycles. The van der Waals surface area contributed by atoms with Crippen LogP contribution in [0, 0.1) is 12.7 Å². The molecule has 1 amide bonds. The van der Waals surface area contributed by atoms with Gasteiger partial charge >= 0.3 is 0 Å². The van der Waals surface area contributed by atoms with Crippen molar-refractivity contribution in [3.05, 3.63) is 41.3 Å². The molecule has 0 aliphatic heterocycles. The van der Waals surface area contributed by atoms with E-state index in [1.165, 1.54) is 17.9 Å². The maximum Gasteiger partial charge on any atom is 0.262 e. The van der Waals surface area contributed by atoms with Crippen molar-refractivity contribution in [2.24, 2.45) is 7.05 Å². The van der Waals surface area contributed by atoms with Crippen LogP contribution in [-0.2, 0) is 7.05 Å². The standard InChI is InChI=1S/C13H14FN3O2/c1-8-4-5-9(6-11(8)14)15-12(18)10-7-17(2)16-13(10)19-3/h4-7H,1-3H3,(H,15,18). The molecule has 2 aromatic rings. The lowest BCUT2D eigenvalue weighted by Crippen LogP contribution is -2.12. The molecule has 2 rings (SSSR count). The van der Waals surface area contributed by atoms with Gasteiger partial charge in [0.25, 0.3) is 5.91 Å². The SMILES string of the molecule is COc1nn(C)cc1C(=O)Nc1ccc(C)c(F)c1. The highest BCUT2D eigenvalue weighted by Crippen LogP contribution is 2.18. The summed E-state index contributed by atoms with van der Waals surface area (Å²) in [5.74, 6) is -0.531. The maximum atomic E-state index is 13.4. The first kappa shape index (κ1) is 13.1. The number of amides is 1. The first-order valence-electron chi connectivity index (χ1n) is 5.66. The monoisotopic (exact) mass is 263 g/mol. The van der Waals surface area contributed by atoms with Gasteiger partial charge in [-0.05, 0) is 24.6 Å². The topological polar surface area (TPSA) is 56.2 Å². The fourth-order valence-electron chi connectivity index (χ4n) is 1.64. The lowest BCUT2D eigenvalue weighted by atomic mass is 10.2. The molecule has 0 radical (unpaired) electrons. The van der Waals surface area contributed by atoms with Crippen molar-refractivity contribution in [3.63, 3.8) is 0 Å². The van der Waals surface area contributed by atoms with E-state index in [1.807, 2.05) is 0 Å². The summed E-state index contributed by atoms with van der Waals surface area (Å²) in [7, 11) is 3.12. The molecule has 1 heterocycles. The summed E-state index contributed by atoms with van der Waals surface area (Å²) in [4.78, 5) is 12.0. The second-order valence-electron chi connectivity index (χ2n) is 4.14. The molecule has 0 spiro atoms. The third-order valence-electron chi connectivity index (χ3n) is 2.66. The van der Waals surface area contributed by atoms with Crippen LogP contribution in [0.2, 0.25) is 0 Å². The smallest absolute Gasteiger partial charge is 0.262 e. The lowest BCUT2D eigenvalue weighted by Gasteiger charge is -2.05. The Kier molecular flexibility index (Phi) is 3.50. The van der Waals surface area contributed by atoms with Crippen molar-refractivity contribution in [2.45, 2.75) is 6.92 Å². The normalized spacial score (nSPS) is 10.3. The molecule has 0 saturated heterocycles. The van der Waals surface area contributed by atoms with Crippen LogP contribution in [0.1, 0.15) is 15.9 Å². The number of nitrogens with one attached hydrogen (secondary N) is 1. The van der Waals surface area contributed by atoms with E-state index in [1.54, 1.807) is 32.3 Å². The van der Waals surface area contributed by atoms with Crippen molar-refractivity contribution in [3.8, 4) is 5.88 Å². The predicted octanol–water partition coefficient (Wildman–Crippen LogP) is 2.13. The number of carbonyl (C=O) groups excluding carboxylic acids is 1. The van der Waals surface area contributed by atoms with Crippen molar-refractivity contribution in [1.82, 2.24) is 9.78 Å². The Morgan fingerprint density at radius 1 is 1.47 bits per heavy atom. The second kappa shape index (κ2) is 5.09. The van der Waals surface area contributed by atoms with Crippen LogP contribution >= 0.6 is 0 Å². The van der Waals surface area contributed by atoms with Crippen molar-refractivity contribution in [1.29, 1.82) is 0 Å². The maximum absolute atomic E-state index is 13.4. The van der Waals surface area contributed by atoms with E-state index < -0.39 is 5.91 Å². The average molecular weight is 263 g/mol. The van der Waals surface area contributed by atoms with E-state index in [2.05, 4.69) is 10.4 Å². The molecule has 0 unspecified atom stereocenters. The van der Waals surface area contributed by atoms with E-state index in [4.69, 9.17) is 4.74 Å². The third kappa shape index (κ3) is 2.73. The Bertz CT molecular complexity index is 622. The Morgan fingerprint density at radius 2 is 2.21 bits per heavy atom. The van der Waals surface area contributed by atoms with Crippen molar-refractivity contribution < 1.29 is 13.9 Å². The van der Waals surface area contributed by atoms with Crippen molar-refractivity contribution in [2.75, 3.05) is 12.4 Å². The van der Waals surface area contributed by atoms with Gasteiger partial charge in [0.05, 0.1) is 7.11 Å². The first-order valence-corrected chi connectivity index (χ1v) is 5.66. The highest BCUT2D eigenvalue weighted by molar-refractivity contribution is 6.05. The Labute approximate surface area is 110 Å². The minimum absolute atomic E-state index is 0.229. The largest absolute Gasteiger partial charge is 0.479 e. The number of anilines is 1. The molecule has 0 saturated carbocycles. The molecule has 6 heteroatoms. The molecule has 0 aliphatic rings. The summed E-state index contributed by atoms with van der Waals surface area (Å²) in [6, 6.07) is 4.51. The molecule has 100 valence electrons. The van der Waals surface area contributed by atoms with Crippen LogP contribution < -0.4 is 10.1 Å². The molecular formula is C13H14FN3O2. The number of methoxy groups -OCH3 is 1. The molecule has 0 bridgehead atoms. The van der Waals surface area contributed by atoms with E-state index >= 15 is 0 Å². The zero-order valence-corrected chi connectivity index (χ0v) is 10.9. The second-order valence-corrected chi connectivity index (χ2v) is 4.14. The number of benzene rings is 1. The number of nitrogens with zero attached hydrogens (tertiary/aromatic N) is 2. The summed E-state index contributed by atoms with van der Waals surface area (Å²) >= 11 is 0. The van der Waals surface area contributed by atoms with Gasteiger partial charge in [0.1, 0.15) is 11.4 Å². The summed E-state index contributed by atoms with van der Waals surface area (Å²) in [5, 5.41) is 6.59. The number of ether oxygens (including phenoxy) is 1. The van der Waals surface area contributed by atoms with E-state index in [0.717, 1.165) is 0 Å². The van der Waals surface area contributed by atoms with Crippen LogP contribution in [0.25, 0.3) is 0 Å². The third-order valence-corrected chi connectivity index (χ3v) is 2.66. The molecule has 0 fully saturated rings. The summed E-state index contributed by atoms with van der Waals surface area (Å²) in [6.07, 6.45) is 1.54. The van der Waals surface area contributed by atoms with Gasteiger partial charge < -0.3 is 10.1 Å². The Hall–Kier alpha value is -2.37. The van der Waals surface area contributed by atoms with Crippen LogP contribution in [0.5, 0.6) is 5.88 Å². The number of aromatic nitrogens is 2. The quantitative estimate of drug-likeness (QED) is 0.923. The summed E-state index contributed by atoms with van der Waals surface area (Å²) in [6.45, 7) is 1.66. The van der Waals surface area contributed by atoms with Gasteiger partial charge in [-0.25, -0.2) is 4.39 Å². The summed E-state index contributed by atoms with van der Waals surface area (Å²) < 4.78 is 19.9. The summed E-state index contributed by atoms with van der Waals surface area (Å²) in [5.41, 5.74) is 1.21. The van der Waals surface area contributed by atoms with Crippen LogP contribution in [0.3, 0.4) is 0 Å². The average Bonchev–Trinajstić information content (AvgIpc) is 2.75. The minimum Gasteiger partial charge on any atom is -0.479 e. The number of hydrogen-bond donors (Lipinski definition) is 1. The fraction of sp³-hybridized carbons (Fsp3) is 0.231. The van der Waals surface area contributed by atoms with Gasteiger partial charge in [-0.15, -0.1) is 5.10 Å². The van der Waals surface area contributed by atoms with Crippen molar-refractivity contribution >= 4 is 11.6 Å². The molecule has 0 aliphatic carbocycles. The first-order chi connectivity index (χ1) is 9.01. The van der Waals surface area contributed by atoms with E-state index in [-0.39, 0.29) is 11.7 Å². The van der Waals surface area contributed by atoms with Gasteiger partial charge in [-0.3, -0.25) is 9.48 Å².